The molecule has 1 aromatic rings. The molecule has 6 nitrogen and oxygen atoms in total. The lowest BCUT2D eigenvalue weighted by Crippen LogP contribution is -2.44. The Bertz CT molecular complexity index is 803. The third-order valence-corrected chi connectivity index (χ3v) is 7.46. The molecule has 0 aliphatic carbocycles. The van der Waals surface area contributed by atoms with E-state index in [0.29, 0.717) is 19.0 Å². The summed E-state index contributed by atoms with van der Waals surface area (Å²) < 4.78 is 6.24. The molecule has 152 valence electrons. The Morgan fingerprint density at radius 1 is 1.46 bits per heavy atom. The van der Waals surface area contributed by atoms with Crippen LogP contribution in [0.3, 0.4) is 0 Å². The number of amides is 2. The topological polar surface area (TPSA) is 62.7 Å². The molecule has 3 aliphatic rings. The molecule has 3 aliphatic heterocycles. The first-order chi connectivity index (χ1) is 13.4. The summed E-state index contributed by atoms with van der Waals surface area (Å²) in [5, 5.41) is 2.90. The normalized spacial score (nSPS) is 30.5. The van der Waals surface area contributed by atoms with E-state index in [1.54, 1.807) is 23.3 Å². The van der Waals surface area contributed by atoms with E-state index in [-0.39, 0.29) is 17.9 Å². The van der Waals surface area contributed by atoms with Gasteiger partial charge in [0.15, 0.2) is 0 Å². The van der Waals surface area contributed by atoms with Gasteiger partial charge in [0.2, 0.25) is 11.8 Å². The second kappa shape index (κ2) is 7.26. The quantitative estimate of drug-likeness (QED) is 0.657. The zero-order valence-electron chi connectivity index (χ0n) is 17.1. The van der Waals surface area contributed by atoms with Crippen LogP contribution in [-0.2, 0) is 20.9 Å². The van der Waals surface area contributed by atoms with Crippen LogP contribution < -0.4 is 0 Å². The zero-order chi connectivity index (χ0) is 20.1. The summed E-state index contributed by atoms with van der Waals surface area (Å²) in [7, 11) is 1.79. The summed E-state index contributed by atoms with van der Waals surface area (Å²) in [6.07, 6.45) is 5.82. The van der Waals surface area contributed by atoms with Crippen molar-refractivity contribution < 1.29 is 14.3 Å². The van der Waals surface area contributed by atoms with E-state index in [4.69, 9.17) is 4.74 Å². The van der Waals surface area contributed by atoms with Gasteiger partial charge in [-0.3, -0.25) is 9.59 Å². The number of aryl methyl sites for hydroxylation is 1. The van der Waals surface area contributed by atoms with Crippen LogP contribution in [0, 0.1) is 24.7 Å². The maximum absolute atomic E-state index is 13.3. The Balaban J connectivity index is 1.52. The van der Waals surface area contributed by atoms with Gasteiger partial charge in [0.1, 0.15) is 10.6 Å². The number of nitrogens with zero attached hydrogens (tertiary/aromatic N) is 3. The van der Waals surface area contributed by atoms with Gasteiger partial charge in [0, 0.05) is 24.7 Å². The van der Waals surface area contributed by atoms with Crippen molar-refractivity contribution in [1.82, 2.24) is 14.8 Å². The molecular weight excluding hydrogens is 374 g/mol. The van der Waals surface area contributed by atoms with Crippen LogP contribution in [0.4, 0.5) is 0 Å². The minimum atomic E-state index is -0.618. The standard InChI is InChI=1S/C21H29N3O3S/c1-5-14(6-2)9-24-12-21-8-7-15(27-21)17(18(21)20(24)26)19(25)23(4)10-16-22-13(3)11-28-16/h7-8,11,14-15,17-18H,5-6,9-10,12H2,1-4H3/t15-,17-,18+,21-/m0/s1. The van der Waals surface area contributed by atoms with Crippen LogP contribution in [0.2, 0.25) is 0 Å². The van der Waals surface area contributed by atoms with Crippen LogP contribution in [0.1, 0.15) is 37.4 Å². The van der Waals surface area contributed by atoms with Gasteiger partial charge in [-0.1, -0.05) is 38.8 Å². The summed E-state index contributed by atoms with van der Waals surface area (Å²) in [6.45, 7) is 8.07. The molecule has 0 saturated carbocycles. The first kappa shape index (κ1) is 19.6. The molecule has 7 heteroatoms. The Labute approximate surface area is 170 Å². The minimum Gasteiger partial charge on any atom is -0.360 e. The molecule has 2 saturated heterocycles. The molecule has 28 heavy (non-hydrogen) atoms. The van der Waals surface area contributed by atoms with Crippen LogP contribution in [-0.4, -0.2) is 58.4 Å². The molecule has 4 rings (SSSR count). The van der Waals surface area contributed by atoms with Gasteiger partial charge < -0.3 is 14.5 Å². The predicted molar refractivity (Wildman–Crippen MR) is 108 cm³/mol. The smallest absolute Gasteiger partial charge is 0.230 e. The average Bonchev–Trinajstić information content (AvgIpc) is 3.41. The summed E-state index contributed by atoms with van der Waals surface area (Å²) in [4.78, 5) is 34.6. The van der Waals surface area contributed by atoms with Crippen molar-refractivity contribution in [3.8, 4) is 0 Å². The van der Waals surface area contributed by atoms with Crippen molar-refractivity contribution in [3.63, 3.8) is 0 Å². The summed E-state index contributed by atoms with van der Waals surface area (Å²) in [5.41, 5.74) is 0.348. The van der Waals surface area contributed by atoms with Gasteiger partial charge in [0.25, 0.3) is 0 Å². The highest BCUT2D eigenvalue weighted by atomic mass is 32.1. The molecule has 1 spiro atoms. The lowest BCUT2D eigenvalue weighted by Gasteiger charge is -2.27. The fourth-order valence-electron chi connectivity index (χ4n) is 4.88. The highest BCUT2D eigenvalue weighted by Gasteiger charge is 2.67. The van der Waals surface area contributed by atoms with Crippen molar-refractivity contribution >= 4 is 23.2 Å². The molecule has 0 N–H and O–H groups in total. The third-order valence-electron chi connectivity index (χ3n) is 6.51. The van der Waals surface area contributed by atoms with Crippen LogP contribution >= 0.6 is 11.3 Å². The highest BCUT2D eigenvalue weighted by Crippen LogP contribution is 2.52. The number of thiazole rings is 1. The van der Waals surface area contributed by atoms with Crippen molar-refractivity contribution in [3.05, 3.63) is 28.2 Å². The van der Waals surface area contributed by atoms with Crippen molar-refractivity contribution in [2.75, 3.05) is 20.1 Å². The molecule has 0 radical (unpaired) electrons. The first-order valence-corrected chi connectivity index (χ1v) is 11.1. The molecule has 2 bridgehead atoms. The zero-order valence-corrected chi connectivity index (χ0v) is 17.9. The van der Waals surface area contributed by atoms with Crippen molar-refractivity contribution in [1.29, 1.82) is 0 Å². The van der Waals surface area contributed by atoms with E-state index >= 15 is 0 Å². The van der Waals surface area contributed by atoms with Crippen LogP contribution in [0.25, 0.3) is 0 Å². The number of carbonyl (C=O) groups is 2. The van der Waals surface area contributed by atoms with E-state index in [0.717, 1.165) is 30.1 Å². The number of hydrogen-bond donors (Lipinski definition) is 0. The molecule has 4 heterocycles. The summed E-state index contributed by atoms with van der Waals surface area (Å²) in [5.74, 6) is -0.284. The van der Waals surface area contributed by atoms with Gasteiger partial charge in [0.05, 0.1) is 31.0 Å². The van der Waals surface area contributed by atoms with Gasteiger partial charge in [-0.25, -0.2) is 4.98 Å². The lowest BCUT2D eigenvalue weighted by molar-refractivity contribution is -0.142. The van der Waals surface area contributed by atoms with E-state index < -0.39 is 17.4 Å². The lowest BCUT2D eigenvalue weighted by atomic mass is 9.76. The van der Waals surface area contributed by atoms with Gasteiger partial charge >= 0.3 is 0 Å². The summed E-state index contributed by atoms with van der Waals surface area (Å²) >= 11 is 1.56. The Kier molecular flexibility index (Phi) is 5.08. The largest absolute Gasteiger partial charge is 0.360 e. The fraction of sp³-hybridized carbons (Fsp3) is 0.667. The first-order valence-electron chi connectivity index (χ1n) is 10.2. The van der Waals surface area contributed by atoms with Crippen LogP contribution in [0.5, 0.6) is 0 Å². The highest BCUT2D eigenvalue weighted by molar-refractivity contribution is 7.09. The van der Waals surface area contributed by atoms with E-state index in [2.05, 4.69) is 18.8 Å². The van der Waals surface area contributed by atoms with E-state index in [1.807, 2.05) is 29.4 Å². The van der Waals surface area contributed by atoms with Crippen molar-refractivity contribution in [2.24, 2.45) is 17.8 Å². The van der Waals surface area contributed by atoms with Crippen LogP contribution in [0.15, 0.2) is 17.5 Å². The number of rotatable bonds is 7. The number of carbonyl (C=O) groups excluding carboxylic acids is 2. The maximum Gasteiger partial charge on any atom is 0.230 e. The number of hydrogen-bond acceptors (Lipinski definition) is 5. The number of aromatic nitrogens is 1. The summed E-state index contributed by atoms with van der Waals surface area (Å²) in [6, 6.07) is 0. The molecular formula is C21H29N3O3S. The maximum atomic E-state index is 13.3. The SMILES string of the molecule is CCC(CC)CN1C[C@]23C=C[C@H](O2)[C@H](C(=O)N(C)Cc2nc(C)cs2)[C@@H]3C1=O. The second-order valence-electron chi connectivity index (χ2n) is 8.38. The molecule has 0 unspecified atom stereocenters. The Hall–Kier alpha value is -1.73. The third kappa shape index (κ3) is 3.08. The molecule has 0 aromatic carbocycles. The Morgan fingerprint density at radius 3 is 2.86 bits per heavy atom. The van der Waals surface area contributed by atoms with Gasteiger partial charge in [-0.05, 0) is 12.8 Å². The number of likely N-dealkylation sites (tertiary alicyclic amines) is 1. The van der Waals surface area contributed by atoms with Crippen molar-refractivity contribution in [2.45, 2.75) is 51.9 Å². The van der Waals surface area contributed by atoms with Gasteiger partial charge in [-0.15, -0.1) is 11.3 Å². The van der Waals surface area contributed by atoms with E-state index in [1.165, 1.54) is 0 Å². The monoisotopic (exact) mass is 403 g/mol. The fourth-order valence-corrected chi connectivity index (χ4v) is 5.71. The average molecular weight is 404 g/mol. The number of ether oxygens (including phenoxy) is 1. The minimum absolute atomic E-state index is 0.0215. The molecule has 2 amide bonds. The molecule has 4 atom stereocenters. The number of fused-ring (bicyclic) bond motifs is 1. The molecule has 1 aromatic heterocycles. The predicted octanol–water partition coefficient (Wildman–Crippen LogP) is 2.63. The van der Waals surface area contributed by atoms with Gasteiger partial charge in [-0.2, -0.15) is 0 Å². The second-order valence-corrected chi connectivity index (χ2v) is 9.32. The Morgan fingerprint density at radius 2 is 2.21 bits per heavy atom. The molecule has 2 fully saturated rings. The van der Waals surface area contributed by atoms with E-state index in [9.17, 15) is 9.59 Å².